The molecule has 0 aromatic carbocycles. The zero-order valence-electron chi connectivity index (χ0n) is 6.71. The highest BCUT2D eigenvalue weighted by atomic mass is 16.7. The van der Waals surface area contributed by atoms with Crippen molar-refractivity contribution >= 4 is 6.16 Å². The van der Waals surface area contributed by atoms with Crippen LogP contribution in [0.1, 0.15) is 19.8 Å². The molecule has 0 radical (unpaired) electrons. The van der Waals surface area contributed by atoms with Crippen LogP contribution >= 0.6 is 0 Å². The van der Waals surface area contributed by atoms with Gasteiger partial charge in [0.05, 0.1) is 13.2 Å². The van der Waals surface area contributed by atoms with Crippen molar-refractivity contribution in [1.82, 2.24) is 0 Å². The van der Waals surface area contributed by atoms with E-state index in [1.165, 1.54) is 0 Å². The maximum absolute atomic E-state index is 10.6. The van der Waals surface area contributed by atoms with Gasteiger partial charge in [-0.2, -0.15) is 0 Å². The van der Waals surface area contributed by atoms with Crippen molar-refractivity contribution in [3.05, 3.63) is 0 Å². The number of aliphatic hydroxyl groups is 1. The van der Waals surface area contributed by atoms with Gasteiger partial charge in [0.15, 0.2) is 0 Å². The third-order valence-corrected chi connectivity index (χ3v) is 0.946. The number of ether oxygens (including phenoxy) is 2. The minimum Gasteiger partial charge on any atom is -0.434 e. The molecule has 66 valence electrons. The maximum Gasteiger partial charge on any atom is 0.508 e. The van der Waals surface area contributed by atoms with Gasteiger partial charge in [0, 0.05) is 13.0 Å². The molecule has 0 aliphatic rings. The van der Waals surface area contributed by atoms with Crippen LogP contribution in [-0.2, 0) is 9.47 Å². The van der Waals surface area contributed by atoms with Crippen molar-refractivity contribution in [3.8, 4) is 0 Å². The first kappa shape index (κ1) is 10.2. The number of aliphatic hydroxyl groups excluding tert-OH is 1. The SMILES string of the molecule is CCCOC(=O)OCCCO. The minimum atomic E-state index is -0.652. The van der Waals surface area contributed by atoms with Gasteiger partial charge < -0.3 is 14.6 Å². The van der Waals surface area contributed by atoms with Gasteiger partial charge in [-0.15, -0.1) is 0 Å². The van der Waals surface area contributed by atoms with Crippen molar-refractivity contribution in [2.75, 3.05) is 19.8 Å². The highest BCUT2D eigenvalue weighted by Gasteiger charge is 2.00. The molecule has 0 amide bonds. The molecule has 1 N–H and O–H groups in total. The van der Waals surface area contributed by atoms with Gasteiger partial charge in [-0.25, -0.2) is 4.79 Å². The Labute approximate surface area is 66.1 Å². The summed E-state index contributed by atoms with van der Waals surface area (Å²) in [6, 6.07) is 0. The molecule has 0 saturated carbocycles. The molecular weight excluding hydrogens is 148 g/mol. The first-order chi connectivity index (χ1) is 5.31. The summed E-state index contributed by atoms with van der Waals surface area (Å²) < 4.78 is 9.16. The molecule has 4 heteroatoms. The van der Waals surface area contributed by atoms with Gasteiger partial charge in [0.2, 0.25) is 0 Å². The Morgan fingerprint density at radius 3 is 2.55 bits per heavy atom. The zero-order valence-corrected chi connectivity index (χ0v) is 6.71. The molecule has 0 rings (SSSR count). The summed E-state index contributed by atoms with van der Waals surface area (Å²) in [4.78, 5) is 10.6. The molecule has 0 unspecified atom stereocenters. The summed E-state index contributed by atoms with van der Waals surface area (Å²) in [6.45, 7) is 2.54. The fourth-order valence-electron chi connectivity index (χ4n) is 0.447. The molecule has 4 nitrogen and oxygen atoms in total. The number of hydrogen-bond acceptors (Lipinski definition) is 4. The van der Waals surface area contributed by atoms with E-state index in [9.17, 15) is 4.79 Å². The lowest BCUT2D eigenvalue weighted by molar-refractivity contribution is 0.0514. The predicted octanol–water partition coefficient (Wildman–Crippen LogP) is 0.932. The first-order valence-corrected chi connectivity index (χ1v) is 3.71. The van der Waals surface area contributed by atoms with E-state index in [0.29, 0.717) is 13.0 Å². The first-order valence-electron chi connectivity index (χ1n) is 3.71. The molecule has 0 heterocycles. The standard InChI is InChI=1S/C7H14O4/c1-2-5-10-7(9)11-6-3-4-8/h8H,2-6H2,1H3. The molecule has 0 spiro atoms. The second kappa shape index (κ2) is 7.34. The van der Waals surface area contributed by atoms with Crippen LogP contribution in [0.5, 0.6) is 0 Å². The number of hydrogen-bond donors (Lipinski definition) is 1. The fourth-order valence-corrected chi connectivity index (χ4v) is 0.447. The molecule has 0 fully saturated rings. The summed E-state index contributed by atoms with van der Waals surface area (Å²) in [5.74, 6) is 0. The van der Waals surface area contributed by atoms with Crippen LogP contribution in [-0.4, -0.2) is 31.1 Å². The summed E-state index contributed by atoms with van der Waals surface area (Å²) in [5, 5.41) is 8.32. The van der Waals surface area contributed by atoms with E-state index in [1.807, 2.05) is 6.92 Å². The summed E-state index contributed by atoms with van der Waals surface area (Å²) in [7, 11) is 0. The Balaban J connectivity index is 3.09. The van der Waals surface area contributed by atoms with Crippen LogP contribution < -0.4 is 0 Å². The molecule has 11 heavy (non-hydrogen) atoms. The molecule has 0 aromatic rings. The Hall–Kier alpha value is -0.770. The molecule has 0 bridgehead atoms. The molecular formula is C7H14O4. The second-order valence-electron chi connectivity index (χ2n) is 2.02. The summed E-state index contributed by atoms with van der Waals surface area (Å²) >= 11 is 0. The fraction of sp³-hybridized carbons (Fsp3) is 0.857. The lowest BCUT2D eigenvalue weighted by Crippen LogP contribution is -2.09. The third kappa shape index (κ3) is 7.12. The summed E-state index contributed by atoms with van der Waals surface area (Å²) in [5.41, 5.74) is 0. The predicted molar refractivity (Wildman–Crippen MR) is 39.3 cm³/mol. The van der Waals surface area contributed by atoms with E-state index < -0.39 is 6.16 Å². The molecule has 0 aromatic heterocycles. The van der Waals surface area contributed by atoms with Gasteiger partial charge in [-0.1, -0.05) is 6.92 Å². The Morgan fingerprint density at radius 1 is 1.36 bits per heavy atom. The highest BCUT2D eigenvalue weighted by molar-refractivity contribution is 5.59. The lowest BCUT2D eigenvalue weighted by Gasteiger charge is -2.03. The molecule has 0 aliphatic carbocycles. The average Bonchev–Trinajstić information content (AvgIpc) is 2.01. The van der Waals surface area contributed by atoms with E-state index in [1.54, 1.807) is 0 Å². The van der Waals surface area contributed by atoms with Crippen LogP contribution in [0.15, 0.2) is 0 Å². The van der Waals surface area contributed by atoms with E-state index in [2.05, 4.69) is 9.47 Å². The smallest absolute Gasteiger partial charge is 0.434 e. The van der Waals surface area contributed by atoms with Gasteiger partial charge in [0.1, 0.15) is 0 Å². The topological polar surface area (TPSA) is 55.8 Å². The van der Waals surface area contributed by atoms with E-state index in [0.717, 1.165) is 6.42 Å². The Morgan fingerprint density at radius 2 is 2.00 bits per heavy atom. The normalized spacial score (nSPS) is 9.27. The molecule has 0 aliphatic heterocycles. The van der Waals surface area contributed by atoms with Gasteiger partial charge in [-0.3, -0.25) is 0 Å². The van der Waals surface area contributed by atoms with Crippen molar-refractivity contribution in [2.45, 2.75) is 19.8 Å². The molecule has 0 saturated heterocycles. The van der Waals surface area contributed by atoms with Crippen molar-refractivity contribution < 1.29 is 19.4 Å². The third-order valence-electron chi connectivity index (χ3n) is 0.946. The van der Waals surface area contributed by atoms with Gasteiger partial charge >= 0.3 is 6.16 Å². The van der Waals surface area contributed by atoms with Crippen LogP contribution in [0, 0.1) is 0 Å². The summed E-state index contributed by atoms with van der Waals surface area (Å²) in [6.07, 6.45) is 0.594. The average molecular weight is 162 g/mol. The van der Waals surface area contributed by atoms with Gasteiger partial charge in [-0.05, 0) is 6.42 Å². The van der Waals surface area contributed by atoms with Gasteiger partial charge in [0.25, 0.3) is 0 Å². The van der Waals surface area contributed by atoms with Crippen molar-refractivity contribution in [2.24, 2.45) is 0 Å². The Bertz CT molecular complexity index is 103. The number of carbonyl (C=O) groups is 1. The van der Waals surface area contributed by atoms with Crippen molar-refractivity contribution in [1.29, 1.82) is 0 Å². The maximum atomic E-state index is 10.6. The largest absolute Gasteiger partial charge is 0.508 e. The van der Waals surface area contributed by atoms with E-state index in [4.69, 9.17) is 5.11 Å². The zero-order chi connectivity index (χ0) is 8.53. The van der Waals surface area contributed by atoms with Crippen LogP contribution in [0.3, 0.4) is 0 Å². The molecule has 0 atom stereocenters. The van der Waals surface area contributed by atoms with E-state index >= 15 is 0 Å². The quantitative estimate of drug-likeness (QED) is 0.482. The van der Waals surface area contributed by atoms with Crippen molar-refractivity contribution in [3.63, 3.8) is 0 Å². The number of rotatable bonds is 5. The van der Waals surface area contributed by atoms with E-state index in [-0.39, 0.29) is 13.2 Å². The van der Waals surface area contributed by atoms with Crippen LogP contribution in [0.25, 0.3) is 0 Å². The van der Waals surface area contributed by atoms with Crippen LogP contribution in [0.2, 0.25) is 0 Å². The highest BCUT2D eigenvalue weighted by Crippen LogP contribution is 1.88. The number of carbonyl (C=O) groups excluding carboxylic acids is 1. The van der Waals surface area contributed by atoms with Crippen LogP contribution in [0.4, 0.5) is 4.79 Å². The second-order valence-corrected chi connectivity index (χ2v) is 2.02. The minimum absolute atomic E-state index is 0.0288. The monoisotopic (exact) mass is 162 g/mol. The Kier molecular flexibility index (Phi) is 6.82. The lowest BCUT2D eigenvalue weighted by atomic mass is 10.5.